The van der Waals surface area contributed by atoms with Crippen molar-refractivity contribution in [1.29, 1.82) is 0 Å². The second-order valence-electron chi connectivity index (χ2n) is 5.27. The Morgan fingerprint density at radius 1 is 1.47 bits per heavy atom. The fourth-order valence-corrected chi connectivity index (χ4v) is 3.06. The largest absolute Gasteiger partial charge is 0.377 e. The van der Waals surface area contributed by atoms with E-state index in [1.807, 2.05) is 0 Å². The van der Waals surface area contributed by atoms with Crippen molar-refractivity contribution in [2.45, 2.75) is 38.3 Å². The minimum Gasteiger partial charge on any atom is -0.377 e. The summed E-state index contributed by atoms with van der Waals surface area (Å²) < 4.78 is 8.00. The monoisotopic (exact) mass is 259 g/mol. The molecule has 4 heteroatoms. The first-order chi connectivity index (χ1) is 9.24. The van der Waals surface area contributed by atoms with Gasteiger partial charge in [-0.1, -0.05) is 13.0 Å². The van der Waals surface area contributed by atoms with E-state index in [1.54, 1.807) is 0 Å². The molecule has 0 spiro atoms. The summed E-state index contributed by atoms with van der Waals surface area (Å²) in [5.41, 5.74) is 9.08. The summed E-state index contributed by atoms with van der Waals surface area (Å²) in [5.74, 6) is 1.57. The summed E-state index contributed by atoms with van der Waals surface area (Å²) in [6.07, 6.45) is 2.42. The van der Waals surface area contributed by atoms with Crippen LogP contribution in [0.2, 0.25) is 0 Å². The van der Waals surface area contributed by atoms with Crippen molar-refractivity contribution >= 4 is 11.0 Å². The van der Waals surface area contributed by atoms with E-state index in [9.17, 15) is 0 Å². The van der Waals surface area contributed by atoms with Crippen molar-refractivity contribution in [1.82, 2.24) is 9.55 Å². The Morgan fingerprint density at radius 3 is 3.05 bits per heavy atom. The highest BCUT2D eigenvalue weighted by Crippen LogP contribution is 2.33. The summed E-state index contributed by atoms with van der Waals surface area (Å²) in [6, 6.07) is 6.27. The number of nitrogens with two attached hydrogens (primary N) is 1. The summed E-state index contributed by atoms with van der Waals surface area (Å²) in [4.78, 5) is 4.81. The highest BCUT2D eigenvalue weighted by Gasteiger charge is 2.31. The zero-order chi connectivity index (χ0) is 13.4. The van der Waals surface area contributed by atoms with Gasteiger partial charge in [-0.05, 0) is 30.5 Å². The molecule has 19 heavy (non-hydrogen) atoms. The number of nitrogens with zero attached hydrogens (tertiary/aromatic N) is 2. The maximum Gasteiger partial charge on any atom is 0.115 e. The van der Waals surface area contributed by atoms with Crippen molar-refractivity contribution in [2.75, 3.05) is 6.61 Å². The van der Waals surface area contributed by atoms with Gasteiger partial charge in [0.25, 0.3) is 0 Å². The van der Waals surface area contributed by atoms with Crippen LogP contribution < -0.4 is 5.73 Å². The van der Waals surface area contributed by atoms with E-state index in [2.05, 4.69) is 36.7 Å². The lowest BCUT2D eigenvalue weighted by Crippen LogP contribution is -2.16. The van der Waals surface area contributed by atoms with Crippen LogP contribution in [0, 0.1) is 0 Å². The molecule has 2 N–H and O–H groups in total. The molecule has 0 bridgehead atoms. The van der Waals surface area contributed by atoms with Crippen LogP contribution in [-0.2, 0) is 18.3 Å². The molecule has 1 fully saturated rings. The third-order valence-corrected chi connectivity index (χ3v) is 4.16. The van der Waals surface area contributed by atoms with Crippen LogP contribution in [-0.4, -0.2) is 22.3 Å². The SMILES string of the molecule is CCC1OCCC1c1nc2ccc(CN)cc2n1C. The lowest BCUT2D eigenvalue weighted by atomic mass is 9.99. The molecule has 2 atom stereocenters. The molecule has 1 saturated heterocycles. The lowest BCUT2D eigenvalue weighted by molar-refractivity contribution is 0.0991. The van der Waals surface area contributed by atoms with Crippen molar-refractivity contribution in [3.05, 3.63) is 29.6 Å². The van der Waals surface area contributed by atoms with Crippen LogP contribution in [0.25, 0.3) is 11.0 Å². The number of fused-ring (bicyclic) bond motifs is 1. The molecule has 0 aliphatic carbocycles. The second kappa shape index (κ2) is 4.94. The van der Waals surface area contributed by atoms with E-state index < -0.39 is 0 Å². The average Bonchev–Trinajstić information content (AvgIpc) is 3.03. The number of aryl methyl sites for hydroxylation is 1. The molecule has 2 aromatic rings. The maximum absolute atomic E-state index is 5.79. The molecule has 1 aliphatic rings. The molecule has 2 heterocycles. The van der Waals surface area contributed by atoms with E-state index in [0.717, 1.165) is 36.4 Å². The smallest absolute Gasteiger partial charge is 0.115 e. The van der Waals surface area contributed by atoms with E-state index in [4.69, 9.17) is 15.5 Å². The molecule has 1 aliphatic heterocycles. The first-order valence-electron chi connectivity index (χ1n) is 7.01. The quantitative estimate of drug-likeness (QED) is 0.920. The van der Waals surface area contributed by atoms with Crippen molar-refractivity contribution in [3.63, 3.8) is 0 Å². The van der Waals surface area contributed by atoms with Gasteiger partial charge in [-0.3, -0.25) is 0 Å². The van der Waals surface area contributed by atoms with E-state index >= 15 is 0 Å². The summed E-state index contributed by atoms with van der Waals surface area (Å²) >= 11 is 0. The minimum atomic E-state index is 0.310. The third-order valence-electron chi connectivity index (χ3n) is 4.16. The number of aromatic nitrogens is 2. The van der Waals surface area contributed by atoms with Gasteiger partial charge in [0.1, 0.15) is 5.82 Å². The Hall–Kier alpha value is -1.39. The van der Waals surface area contributed by atoms with Gasteiger partial charge in [0.2, 0.25) is 0 Å². The van der Waals surface area contributed by atoms with Gasteiger partial charge in [-0.15, -0.1) is 0 Å². The normalized spacial score (nSPS) is 23.3. The molecule has 102 valence electrons. The van der Waals surface area contributed by atoms with Gasteiger partial charge < -0.3 is 15.0 Å². The van der Waals surface area contributed by atoms with E-state index in [-0.39, 0.29) is 0 Å². The first-order valence-corrected chi connectivity index (χ1v) is 7.01. The number of hydrogen-bond acceptors (Lipinski definition) is 3. The maximum atomic E-state index is 5.79. The molecule has 1 aromatic heterocycles. The van der Waals surface area contributed by atoms with Gasteiger partial charge in [0, 0.05) is 26.1 Å². The molecule has 0 radical (unpaired) electrons. The Kier molecular flexibility index (Phi) is 3.29. The van der Waals surface area contributed by atoms with Gasteiger partial charge in [-0.25, -0.2) is 4.98 Å². The first kappa shape index (κ1) is 12.6. The topological polar surface area (TPSA) is 53.1 Å². The number of hydrogen-bond donors (Lipinski definition) is 1. The molecule has 3 rings (SSSR count). The molecule has 4 nitrogen and oxygen atoms in total. The predicted molar refractivity (Wildman–Crippen MR) is 76.0 cm³/mol. The standard InChI is InChI=1S/C15H21N3O/c1-3-14-11(6-7-19-14)15-17-12-5-4-10(9-16)8-13(12)18(15)2/h4-5,8,11,14H,3,6-7,9,16H2,1-2H3. The fraction of sp³-hybridized carbons (Fsp3) is 0.533. The zero-order valence-electron chi connectivity index (χ0n) is 11.6. The van der Waals surface area contributed by atoms with Crippen molar-refractivity contribution in [3.8, 4) is 0 Å². The lowest BCUT2D eigenvalue weighted by Gasteiger charge is -2.16. The number of imidazole rings is 1. The Bertz CT molecular complexity index is 590. The fourth-order valence-electron chi connectivity index (χ4n) is 3.06. The van der Waals surface area contributed by atoms with Crippen LogP contribution in [0.1, 0.15) is 37.1 Å². The minimum absolute atomic E-state index is 0.310. The summed E-state index contributed by atoms with van der Waals surface area (Å²) in [7, 11) is 2.09. The molecular weight excluding hydrogens is 238 g/mol. The molecule has 2 unspecified atom stereocenters. The number of ether oxygens (including phenoxy) is 1. The van der Waals surface area contributed by atoms with E-state index in [1.165, 1.54) is 5.52 Å². The van der Waals surface area contributed by atoms with Crippen molar-refractivity contribution in [2.24, 2.45) is 12.8 Å². The Morgan fingerprint density at radius 2 is 2.32 bits per heavy atom. The predicted octanol–water partition coefficient (Wildman–Crippen LogP) is 2.31. The molecule has 0 saturated carbocycles. The summed E-state index contributed by atoms with van der Waals surface area (Å²) in [6.45, 7) is 3.60. The highest BCUT2D eigenvalue weighted by atomic mass is 16.5. The van der Waals surface area contributed by atoms with E-state index in [0.29, 0.717) is 18.6 Å². The van der Waals surface area contributed by atoms with Gasteiger partial charge in [0.05, 0.1) is 17.1 Å². The number of benzene rings is 1. The molecule has 1 aromatic carbocycles. The van der Waals surface area contributed by atoms with Gasteiger partial charge >= 0.3 is 0 Å². The van der Waals surface area contributed by atoms with Crippen LogP contribution in [0.5, 0.6) is 0 Å². The van der Waals surface area contributed by atoms with Crippen LogP contribution >= 0.6 is 0 Å². The Balaban J connectivity index is 2.07. The van der Waals surface area contributed by atoms with Crippen LogP contribution in [0.15, 0.2) is 18.2 Å². The summed E-state index contributed by atoms with van der Waals surface area (Å²) in [5, 5.41) is 0. The molecular formula is C15H21N3O. The molecule has 0 amide bonds. The van der Waals surface area contributed by atoms with Crippen LogP contribution in [0.4, 0.5) is 0 Å². The zero-order valence-corrected chi connectivity index (χ0v) is 11.6. The third kappa shape index (κ3) is 2.05. The van der Waals surface area contributed by atoms with Crippen molar-refractivity contribution < 1.29 is 4.74 Å². The number of rotatable bonds is 3. The van der Waals surface area contributed by atoms with Crippen LogP contribution in [0.3, 0.4) is 0 Å². The van der Waals surface area contributed by atoms with Gasteiger partial charge in [0.15, 0.2) is 0 Å². The average molecular weight is 259 g/mol. The van der Waals surface area contributed by atoms with Gasteiger partial charge in [-0.2, -0.15) is 0 Å². The Labute approximate surface area is 113 Å². The highest BCUT2D eigenvalue weighted by molar-refractivity contribution is 5.77. The second-order valence-corrected chi connectivity index (χ2v) is 5.27.